The SMILES string of the molecule is Cc1nn(C)c(C)c1-c1ccc(C=O)cc1. The summed E-state index contributed by atoms with van der Waals surface area (Å²) in [6.45, 7) is 4.04. The Morgan fingerprint density at radius 1 is 1.19 bits per heavy atom. The van der Waals surface area contributed by atoms with E-state index in [0.717, 1.165) is 28.8 Å². The Kier molecular flexibility index (Phi) is 2.60. The maximum atomic E-state index is 10.6. The molecule has 0 fully saturated rings. The van der Waals surface area contributed by atoms with E-state index in [1.165, 1.54) is 0 Å². The van der Waals surface area contributed by atoms with Gasteiger partial charge in [0.15, 0.2) is 0 Å². The normalized spacial score (nSPS) is 10.4. The average molecular weight is 214 g/mol. The van der Waals surface area contributed by atoms with Crippen LogP contribution < -0.4 is 0 Å². The molecule has 0 radical (unpaired) electrons. The minimum atomic E-state index is 0.697. The molecule has 0 saturated heterocycles. The Hall–Kier alpha value is -1.90. The minimum Gasteiger partial charge on any atom is -0.298 e. The van der Waals surface area contributed by atoms with Crippen LogP contribution in [-0.2, 0) is 7.05 Å². The maximum Gasteiger partial charge on any atom is 0.150 e. The first kappa shape index (κ1) is 10.6. The monoisotopic (exact) mass is 214 g/mol. The number of rotatable bonds is 2. The Morgan fingerprint density at radius 3 is 2.25 bits per heavy atom. The Morgan fingerprint density at radius 2 is 1.81 bits per heavy atom. The van der Waals surface area contributed by atoms with Gasteiger partial charge in [-0.25, -0.2) is 0 Å². The number of hydrogen-bond acceptors (Lipinski definition) is 2. The summed E-state index contributed by atoms with van der Waals surface area (Å²) in [6.07, 6.45) is 0.854. The van der Waals surface area contributed by atoms with Gasteiger partial charge in [0.05, 0.1) is 5.69 Å². The number of aryl methyl sites for hydroxylation is 2. The lowest BCUT2D eigenvalue weighted by Crippen LogP contribution is -1.92. The van der Waals surface area contributed by atoms with Crippen molar-refractivity contribution in [2.75, 3.05) is 0 Å². The first-order valence-electron chi connectivity index (χ1n) is 5.19. The summed E-state index contributed by atoms with van der Waals surface area (Å²) >= 11 is 0. The largest absolute Gasteiger partial charge is 0.298 e. The molecule has 0 spiro atoms. The molecule has 2 aromatic rings. The van der Waals surface area contributed by atoms with Crippen molar-refractivity contribution in [1.82, 2.24) is 9.78 Å². The van der Waals surface area contributed by atoms with Crippen LogP contribution in [0.4, 0.5) is 0 Å². The van der Waals surface area contributed by atoms with Crippen LogP contribution in [0.25, 0.3) is 11.1 Å². The second-order valence-corrected chi connectivity index (χ2v) is 3.91. The molecule has 0 aliphatic rings. The van der Waals surface area contributed by atoms with Gasteiger partial charge in [-0.15, -0.1) is 0 Å². The maximum absolute atomic E-state index is 10.6. The predicted octanol–water partition coefficient (Wildman–Crippen LogP) is 2.52. The van der Waals surface area contributed by atoms with Gasteiger partial charge in [0.2, 0.25) is 0 Å². The fraction of sp³-hybridized carbons (Fsp3) is 0.231. The van der Waals surface area contributed by atoms with Crippen LogP contribution in [0.1, 0.15) is 21.7 Å². The van der Waals surface area contributed by atoms with Crippen LogP contribution >= 0.6 is 0 Å². The molecule has 3 nitrogen and oxygen atoms in total. The third-order valence-corrected chi connectivity index (χ3v) is 2.84. The third kappa shape index (κ3) is 1.65. The first-order valence-corrected chi connectivity index (χ1v) is 5.19. The number of nitrogens with zero attached hydrogens (tertiary/aromatic N) is 2. The van der Waals surface area contributed by atoms with E-state index in [1.54, 1.807) is 0 Å². The zero-order valence-electron chi connectivity index (χ0n) is 9.69. The van der Waals surface area contributed by atoms with Gasteiger partial charge in [-0.3, -0.25) is 9.48 Å². The fourth-order valence-electron chi connectivity index (χ4n) is 1.92. The lowest BCUT2D eigenvalue weighted by molar-refractivity contribution is 0.112. The number of carbonyl (C=O) groups is 1. The molecule has 16 heavy (non-hydrogen) atoms. The topological polar surface area (TPSA) is 34.9 Å². The van der Waals surface area contributed by atoms with Crippen molar-refractivity contribution < 1.29 is 4.79 Å². The lowest BCUT2D eigenvalue weighted by Gasteiger charge is -2.02. The molecule has 0 aliphatic carbocycles. The number of aromatic nitrogens is 2. The molecule has 0 bridgehead atoms. The zero-order chi connectivity index (χ0) is 11.7. The second kappa shape index (κ2) is 3.93. The van der Waals surface area contributed by atoms with E-state index >= 15 is 0 Å². The van der Waals surface area contributed by atoms with Gasteiger partial charge in [0, 0.05) is 23.9 Å². The van der Waals surface area contributed by atoms with Crippen molar-refractivity contribution in [3.63, 3.8) is 0 Å². The average Bonchev–Trinajstić information content (AvgIpc) is 2.54. The molecule has 1 aromatic carbocycles. The summed E-state index contributed by atoms with van der Waals surface area (Å²) in [5, 5.41) is 4.38. The van der Waals surface area contributed by atoms with E-state index in [4.69, 9.17) is 0 Å². The number of carbonyl (C=O) groups excluding carboxylic acids is 1. The van der Waals surface area contributed by atoms with Gasteiger partial charge in [-0.05, 0) is 19.4 Å². The molecule has 0 N–H and O–H groups in total. The van der Waals surface area contributed by atoms with Crippen molar-refractivity contribution >= 4 is 6.29 Å². The minimum absolute atomic E-state index is 0.697. The van der Waals surface area contributed by atoms with Crippen molar-refractivity contribution in [2.45, 2.75) is 13.8 Å². The quantitative estimate of drug-likeness (QED) is 0.720. The molecule has 2 rings (SSSR count). The second-order valence-electron chi connectivity index (χ2n) is 3.91. The van der Waals surface area contributed by atoms with Crippen LogP contribution in [0, 0.1) is 13.8 Å². The highest BCUT2D eigenvalue weighted by Crippen LogP contribution is 2.26. The van der Waals surface area contributed by atoms with Crippen LogP contribution in [-0.4, -0.2) is 16.1 Å². The highest BCUT2D eigenvalue weighted by atomic mass is 16.1. The molecule has 82 valence electrons. The van der Waals surface area contributed by atoms with Gasteiger partial charge >= 0.3 is 0 Å². The van der Waals surface area contributed by atoms with E-state index in [-0.39, 0.29) is 0 Å². The van der Waals surface area contributed by atoms with Crippen molar-refractivity contribution in [3.05, 3.63) is 41.2 Å². The highest BCUT2D eigenvalue weighted by Gasteiger charge is 2.10. The summed E-state index contributed by atoms with van der Waals surface area (Å²) in [5.41, 5.74) is 5.10. The van der Waals surface area contributed by atoms with Crippen molar-refractivity contribution in [2.24, 2.45) is 7.05 Å². The Bertz CT molecular complexity index is 524. The number of hydrogen-bond donors (Lipinski definition) is 0. The van der Waals surface area contributed by atoms with Gasteiger partial charge in [0.25, 0.3) is 0 Å². The smallest absolute Gasteiger partial charge is 0.150 e. The van der Waals surface area contributed by atoms with Crippen LogP contribution in [0.2, 0.25) is 0 Å². The van der Waals surface area contributed by atoms with Crippen LogP contribution in [0.3, 0.4) is 0 Å². The van der Waals surface area contributed by atoms with Crippen LogP contribution in [0.5, 0.6) is 0 Å². The summed E-state index contributed by atoms with van der Waals surface area (Å²) in [4.78, 5) is 10.6. The van der Waals surface area contributed by atoms with Gasteiger partial charge in [0.1, 0.15) is 6.29 Å². The molecule has 1 aromatic heterocycles. The molecular formula is C13H14N2O. The summed E-state index contributed by atoms with van der Waals surface area (Å²) in [5.74, 6) is 0. The molecular weight excluding hydrogens is 200 g/mol. The van der Waals surface area contributed by atoms with Gasteiger partial charge in [-0.1, -0.05) is 24.3 Å². The lowest BCUT2D eigenvalue weighted by atomic mass is 10.0. The number of aldehydes is 1. The summed E-state index contributed by atoms with van der Waals surface area (Å²) in [6, 6.07) is 7.57. The zero-order valence-corrected chi connectivity index (χ0v) is 9.69. The molecule has 3 heteroatoms. The summed E-state index contributed by atoms with van der Waals surface area (Å²) < 4.78 is 1.87. The van der Waals surface area contributed by atoms with Crippen LogP contribution in [0.15, 0.2) is 24.3 Å². The molecule has 0 unspecified atom stereocenters. The first-order chi connectivity index (χ1) is 7.63. The van der Waals surface area contributed by atoms with E-state index in [2.05, 4.69) is 5.10 Å². The number of benzene rings is 1. The molecule has 0 aliphatic heterocycles. The van der Waals surface area contributed by atoms with Crippen molar-refractivity contribution in [1.29, 1.82) is 0 Å². The van der Waals surface area contributed by atoms with E-state index < -0.39 is 0 Å². The van der Waals surface area contributed by atoms with Gasteiger partial charge in [-0.2, -0.15) is 5.10 Å². The fourth-order valence-corrected chi connectivity index (χ4v) is 1.92. The van der Waals surface area contributed by atoms with Gasteiger partial charge < -0.3 is 0 Å². The Labute approximate surface area is 94.7 Å². The third-order valence-electron chi connectivity index (χ3n) is 2.84. The summed E-state index contributed by atoms with van der Waals surface area (Å²) in [7, 11) is 1.94. The molecule has 0 saturated carbocycles. The van der Waals surface area contributed by atoms with E-state index in [0.29, 0.717) is 5.56 Å². The standard InChI is InChI=1S/C13H14N2O/c1-9-13(10(2)15(3)14-9)12-6-4-11(8-16)5-7-12/h4-8H,1-3H3. The molecule has 1 heterocycles. The predicted molar refractivity (Wildman–Crippen MR) is 63.5 cm³/mol. The van der Waals surface area contributed by atoms with Crippen molar-refractivity contribution in [3.8, 4) is 11.1 Å². The highest BCUT2D eigenvalue weighted by molar-refractivity contribution is 5.77. The molecule has 0 atom stereocenters. The van der Waals surface area contributed by atoms with E-state index in [1.807, 2.05) is 49.8 Å². The molecule has 0 amide bonds. The Balaban J connectivity index is 2.54. The van der Waals surface area contributed by atoms with E-state index in [9.17, 15) is 4.79 Å².